The third-order valence-corrected chi connectivity index (χ3v) is 2.53. The lowest BCUT2D eigenvalue weighted by atomic mass is 10.3. The molecule has 0 aromatic carbocycles. The zero-order chi connectivity index (χ0) is 12.8. The summed E-state index contributed by atoms with van der Waals surface area (Å²) in [6.07, 6.45) is 0. The van der Waals surface area contributed by atoms with E-state index in [9.17, 15) is 0 Å². The molecule has 0 saturated carbocycles. The summed E-state index contributed by atoms with van der Waals surface area (Å²) >= 11 is 0. The number of aliphatic imine (C=N–C) groups is 2. The van der Waals surface area contributed by atoms with Crippen LogP contribution >= 0.6 is 0 Å². The fourth-order valence-electron chi connectivity index (χ4n) is 1.38. The van der Waals surface area contributed by atoms with Crippen LogP contribution in [0.3, 0.4) is 0 Å². The highest BCUT2D eigenvalue weighted by atomic mass is 15.4. The minimum atomic E-state index is 0.706. The van der Waals surface area contributed by atoms with E-state index in [4.69, 9.17) is 0 Å². The van der Waals surface area contributed by atoms with Crippen molar-refractivity contribution in [3.05, 3.63) is 0 Å². The summed E-state index contributed by atoms with van der Waals surface area (Å²) < 4.78 is 0. The molecule has 2 aliphatic heterocycles. The van der Waals surface area contributed by atoms with Gasteiger partial charge in [0.1, 0.15) is 0 Å². The maximum Gasteiger partial charge on any atom is 0.212 e. The van der Waals surface area contributed by atoms with Gasteiger partial charge in [0, 0.05) is 13.1 Å². The molecule has 0 aromatic rings. The molecule has 0 fully saturated rings. The lowest BCUT2D eigenvalue weighted by Crippen LogP contribution is -2.33. The zero-order valence-electron chi connectivity index (χ0n) is 10.6. The largest absolute Gasteiger partial charge is 0.353 e. The molecule has 2 aliphatic rings. The van der Waals surface area contributed by atoms with Crippen LogP contribution in [0.2, 0.25) is 0 Å². The van der Waals surface area contributed by atoms with Gasteiger partial charge in [-0.05, 0) is 13.8 Å². The van der Waals surface area contributed by atoms with Gasteiger partial charge in [-0.15, -0.1) is 0 Å². The summed E-state index contributed by atoms with van der Waals surface area (Å²) in [5.74, 6) is 1.41. The summed E-state index contributed by atoms with van der Waals surface area (Å²) in [4.78, 5) is 8.36. The van der Waals surface area contributed by atoms with Crippen molar-refractivity contribution in [2.45, 2.75) is 13.8 Å². The Morgan fingerprint density at radius 3 is 1.72 bits per heavy atom. The average Bonchev–Trinajstić information content (AvgIpc) is 3.05. The van der Waals surface area contributed by atoms with Crippen LogP contribution in [0.15, 0.2) is 20.2 Å². The molecule has 0 bridgehead atoms. The molecule has 2 rings (SSSR count). The van der Waals surface area contributed by atoms with Gasteiger partial charge < -0.3 is 10.6 Å². The maximum absolute atomic E-state index is 4.19. The Bertz CT molecular complexity index is 380. The molecule has 0 unspecified atom stereocenters. The standard InChI is InChI=1S/C10H18N8/c1-7(15-17-9-11-3-4-12-9)8(2)16-18-10-13-5-6-14-10/h3-6H2,1-2H3,(H2,11,12,17)(H2,13,14,18)/b15-7+,16-8+. The first kappa shape index (κ1) is 12.3. The summed E-state index contributed by atoms with van der Waals surface area (Å²) in [5, 5.41) is 14.5. The van der Waals surface area contributed by atoms with Crippen molar-refractivity contribution in [3.8, 4) is 0 Å². The molecule has 0 aromatic heterocycles. The maximum atomic E-state index is 4.19. The van der Waals surface area contributed by atoms with Crippen LogP contribution < -0.4 is 21.5 Å². The quantitative estimate of drug-likeness (QED) is 0.375. The van der Waals surface area contributed by atoms with Gasteiger partial charge in [0.05, 0.1) is 24.5 Å². The Hall–Kier alpha value is -2.12. The van der Waals surface area contributed by atoms with E-state index in [1.54, 1.807) is 0 Å². The van der Waals surface area contributed by atoms with E-state index in [0.717, 1.165) is 37.6 Å². The number of guanidine groups is 2. The lowest BCUT2D eigenvalue weighted by molar-refractivity contribution is 0.913. The number of hydrazone groups is 2. The smallest absolute Gasteiger partial charge is 0.212 e. The Morgan fingerprint density at radius 1 is 0.944 bits per heavy atom. The second-order valence-electron chi connectivity index (χ2n) is 3.93. The molecule has 0 saturated heterocycles. The van der Waals surface area contributed by atoms with E-state index in [-0.39, 0.29) is 0 Å². The second-order valence-corrected chi connectivity index (χ2v) is 3.93. The molecular formula is C10H18N8. The van der Waals surface area contributed by atoms with Crippen molar-refractivity contribution >= 4 is 23.3 Å². The minimum absolute atomic E-state index is 0.706. The van der Waals surface area contributed by atoms with Gasteiger partial charge in [0.2, 0.25) is 11.9 Å². The summed E-state index contributed by atoms with van der Waals surface area (Å²) in [5.41, 5.74) is 7.30. The molecule has 0 radical (unpaired) electrons. The van der Waals surface area contributed by atoms with E-state index < -0.39 is 0 Å². The fourth-order valence-corrected chi connectivity index (χ4v) is 1.38. The van der Waals surface area contributed by atoms with Crippen LogP contribution in [-0.4, -0.2) is 49.5 Å². The monoisotopic (exact) mass is 250 g/mol. The Balaban J connectivity index is 1.84. The highest BCUT2D eigenvalue weighted by molar-refractivity contribution is 6.40. The van der Waals surface area contributed by atoms with Crippen LogP contribution in [0.1, 0.15) is 13.8 Å². The van der Waals surface area contributed by atoms with Crippen LogP contribution in [0.25, 0.3) is 0 Å². The van der Waals surface area contributed by atoms with Crippen LogP contribution in [0.4, 0.5) is 0 Å². The predicted molar refractivity (Wildman–Crippen MR) is 73.1 cm³/mol. The van der Waals surface area contributed by atoms with E-state index in [0.29, 0.717) is 11.9 Å². The molecule has 0 spiro atoms. The van der Waals surface area contributed by atoms with Gasteiger partial charge in [0.15, 0.2) is 0 Å². The second kappa shape index (κ2) is 5.99. The van der Waals surface area contributed by atoms with Gasteiger partial charge in [-0.1, -0.05) is 0 Å². The van der Waals surface area contributed by atoms with Gasteiger partial charge in [-0.25, -0.2) is 20.8 Å². The van der Waals surface area contributed by atoms with Crippen LogP contribution in [-0.2, 0) is 0 Å². The van der Waals surface area contributed by atoms with E-state index in [2.05, 4.69) is 41.7 Å². The molecule has 0 atom stereocenters. The number of hydrogen-bond acceptors (Lipinski definition) is 8. The molecule has 4 N–H and O–H groups in total. The first-order valence-electron chi connectivity index (χ1n) is 5.93. The van der Waals surface area contributed by atoms with Crippen molar-refractivity contribution in [1.29, 1.82) is 0 Å². The summed E-state index contributed by atoms with van der Waals surface area (Å²) in [7, 11) is 0. The van der Waals surface area contributed by atoms with Crippen molar-refractivity contribution < 1.29 is 0 Å². The Labute approximate surface area is 106 Å². The zero-order valence-corrected chi connectivity index (χ0v) is 10.6. The van der Waals surface area contributed by atoms with Crippen molar-refractivity contribution in [3.63, 3.8) is 0 Å². The average molecular weight is 250 g/mol. The minimum Gasteiger partial charge on any atom is -0.353 e. The topological polar surface area (TPSA) is 97.6 Å². The van der Waals surface area contributed by atoms with Crippen LogP contribution in [0, 0.1) is 0 Å². The molecule has 8 heteroatoms. The highest BCUT2D eigenvalue weighted by Gasteiger charge is 2.05. The molecule has 8 nitrogen and oxygen atoms in total. The SMILES string of the molecule is CC(=N\NC1=NCCN1)/C(C)=N/NC1=NCCN1. The van der Waals surface area contributed by atoms with E-state index in [1.165, 1.54) is 0 Å². The van der Waals surface area contributed by atoms with Gasteiger partial charge in [0.25, 0.3) is 0 Å². The number of nitrogens with one attached hydrogen (secondary N) is 4. The third kappa shape index (κ3) is 3.44. The fraction of sp³-hybridized carbons (Fsp3) is 0.600. The molecule has 0 amide bonds. The van der Waals surface area contributed by atoms with Crippen molar-refractivity contribution in [1.82, 2.24) is 21.5 Å². The first-order chi connectivity index (χ1) is 8.75. The third-order valence-electron chi connectivity index (χ3n) is 2.53. The number of rotatable bonds is 3. The van der Waals surface area contributed by atoms with Crippen molar-refractivity contribution in [2.75, 3.05) is 26.2 Å². The lowest BCUT2D eigenvalue weighted by Gasteiger charge is -2.04. The summed E-state index contributed by atoms with van der Waals surface area (Å²) in [6, 6.07) is 0. The Morgan fingerprint density at radius 2 is 1.39 bits per heavy atom. The molecule has 2 heterocycles. The van der Waals surface area contributed by atoms with E-state index >= 15 is 0 Å². The van der Waals surface area contributed by atoms with E-state index in [1.807, 2.05) is 13.8 Å². The molecular weight excluding hydrogens is 232 g/mol. The Kier molecular flexibility index (Phi) is 4.11. The van der Waals surface area contributed by atoms with Gasteiger partial charge in [-0.2, -0.15) is 10.2 Å². The first-order valence-corrected chi connectivity index (χ1v) is 5.93. The highest BCUT2D eigenvalue weighted by Crippen LogP contribution is 1.86. The normalized spacial score (nSPS) is 19.9. The summed E-state index contributed by atoms with van der Waals surface area (Å²) in [6.45, 7) is 7.06. The number of nitrogens with zero attached hydrogens (tertiary/aromatic N) is 4. The molecule has 0 aliphatic carbocycles. The predicted octanol–water partition coefficient (Wildman–Crippen LogP) is -1.16. The van der Waals surface area contributed by atoms with Gasteiger partial charge in [-0.3, -0.25) is 0 Å². The van der Waals surface area contributed by atoms with Gasteiger partial charge >= 0.3 is 0 Å². The van der Waals surface area contributed by atoms with Crippen molar-refractivity contribution in [2.24, 2.45) is 20.2 Å². The van der Waals surface area contributed by atoms with Crippen LogP contribution in [0.5, 0.6) is 0 Å². The number of hydrogen-bond donors (Lipinski definition) is 4. The molecule has 98 valence electrons. The molecule has 18 heavy (non-hydrogen) atoms.